The summed E-state index contributed by atoms with van der Waals surface area (Å²) in [5.74, 6) is 0.0869. The van der Waals surface area contributed by atoms with Gasteiger partial charge in [-0.15, -0.1) is 0 Å². The van der Waals surface area contributed by atoms with E-state index in [2.05, 4.69) is 42.5 Å². The molecule has 0 spiro atoms. The maximum atomic E-state index is 11.3. The zero-order chi connectivity index (χ0) is 16.5. The summed E-state index contributed by atoms with van der Waals surface area (Å²) in [7, 11) is 0. The Bertz CT molecular complexity index is 913. The molecule has 0 saturated carbocycles. The monoisotopic (exact) mass is 315 g/mol. The van der Waals surface area contributed by atoms with Crippen molar-refractivity contribution in [1.82, 2.24) is 0 Å². The Morgan fingerprint density at radius 2 is 1.58 bits per heavy atom. The average Bonchev–Trinajstić information content (AvgIpc) is 3.01. The number of carbonyl (C=O) groups excluding carboxylic acids is 1. The van der Waals surface area contributed by atoms with Gasteiger partial charge in [0, 0.05) is 0 Å². The molecule has 0 aromatic heterocycles. The van der Waals surface area contributed by atoms with Crippen LogP contribution in [-0.4, -0.2) is 12.5 Å². The largest absolute Gasteiger partial charge is 0.426 e. The quantitative estimate of drug-likeness (QED) is 0.462. The van der Waals surface area contributed by atoms with E-state index in [4.69, 9.17) is 10.5 Å². The van der Waals surface area contributed by atoms with Crippen LogP contribution in [0.3, 0.4) is 0 Å². The van der Waals surface area contributed by atoms with Gasteiger partial charge in [0.05, 0.1) is 6.54 Å². The summed E-state index contributed by atoms with van der Waals surface area (Å²) in [5.41, 5.74) is 13.0. The molecule has 0 bridgehead atoms. The first-order valence-electron chi connectivity index (χ1n) is 7.97. The molecule has 0 atom stereocenters. The smallest absolute Gasteiger partial charge is 0.325 e. The third-order valence-corrected chi connectivity index (χ3v) is 4.41. The SMILES string of the molecule is NCC(=O)Oc1ccc(-c2cccc3c2Cc2ccccc2-3)cc1. The van der Waals surface area contributed by atoms with E-state index >= 15 is 0 Å². The Morgan fingerprint density at radius 1 is 0.875 bits per heavy atom. The molecule has 118 valence electrons. The number of esters is 1. The number of carbonyl (C=O) groups is 1. The molecule has 0 heterocycles. The minimum Gasteiger partial charge on any atom is -0.426 e. The predicted molar refractivity (Wildman–Crippen MR) is 94.8 cm³/mol. The van der Waals surface area contributed by atoms with Gasteiger partial charge >= 0.3 is 5.97 Å². The molecule has 0 unspecified atom stereocenters. The molecule has 0 amide bonds. The Hall–Kier alpha value is -2.91. The van der Waals surface area contributed by atoms with Gasteiger partial charge < -0.3 is 10.5 Å². The van der Waals surface area contributed by atoms with Crippen molar-refractivity contribution in [1.29, 1.82) is 0 Å². The lowest BCUT2D eigenvalue weighted by Gasteiger charge is -2.10. The Morgan fingerprint density at radius 3 is 2.38 bits per heavy atom. The van der Waals surface area contributed by atoms with Crippen molar-refractivity contribution in [2.45, 2.75) is 6.42 Å². The van der Waals surface area contributed by atoms with Gasteiger partial charge in [-0.2, -0.15) is 0 Å². The molecule has 3 aromatic carbocycles. The zero-order valence-electron chi connectivity index (χ0n) is 13.2. The molecule has 0 aliphatic heterocycles. The second kappa shape index (κ2) is 5.95. The first kappa shape index (κ1) is 14.7. The van der Waals surface area contributed by atoms with Gasteiger partial charge in [0.1, 0.15) is 5.75 Å². The molecule has 0 radical (unpaired) electrons. The van der Waals surface area contributed by atoms with E-state index in [0.717, 1.165) is 12.0 Å². The van der Waals surface area contributed by atoms with Crippen LogP contribution in [0.15, 0.2) is 66.7 Å². The van der Waals surface area contributed by atoms with E-state index in [1.54, 1.807) is 0 Å². The van der Waals surface area contributed by atoms with Crippen molar-refractivity contribution in [2.75, 3.05) is 6.54 Å². The van der Waals surface area contributed by atoms with Crippen LogP contribution in [0, 0.1) is 0 Å². The van der Waals surface area contributed by atoms with E-state index in [1.807, 2.05) is 24.3 Å². The maximum absolute atomic E-state index is 11.3. The summed E-state index contributed by atoms with van der Waals surface area (Å²) in [6.45, 7) is -0.119. The lowest BCUT2D eigenvalue weighted by atomic mass is 9.96. The minimum absolute atomic E-state index is 0.119. The minimum atomic E-state index is -0.432. The van der Waals surface area contributed by atoms with Gasteiger partial charge in [-0.1, -0.05) is 54.6 Å². The van der Waals surface area contributed by atoms with Crippen molar-refractivity contribution in [3.8, 4) is 28.0 Å². The predicted octanol–water partition coefficient (Wildman–Crippen LogP) is 3.79. The van der Waals surface area contributed by atoms with Crippen LogP contribution >= 0.6 is 0 Å². The van der Waals surface area contributed by atoms with Crippen LogP contribution in [0.25, 0.3) is 22.3 Å². The Balaban J connectivity index is 1.70. The highest BCUT2D eigenvalue weighted by Crippen LogP contribution is 2.41. The van der Waals surface area contributed by atoms with Gasteiger partial charge in [0.25, 0.3) is 0 Å². The number of fused-ring (bicyclic) bond motifs is 3. The van der Waals surface area contributed by atoms with Crippen LogP contribution < -0.4 is 10.5 Å². The normalized spacial score (nSPS) is 11.7. The maximum Gasteiger partial charge on any atom is 0.325 e. The summed E-state index contributed by atoms with van der Waals surface area (Å²) < 4.78 is 5.13. The summed E-state index contributed by atoms with van der Waals surface area (Å²) in [6, 6.07) is 22.6. The number of nitrogens with two attached hydrogens (primary N) is 1. The molecule has 0 saturated heterocycles. The molecular weight excluding hydrogens is 298 g/mol. The lowest BCUT2D eigenvalue weighted by Crippen LogP contribution is -2.19. The average molecular weight is 315 g/mol. The van der Waals surface area contributed by atoms with Crippen LogP contribution in [0.5, 0.6) is 5.75 Å². The summed E-state index contributed by atoms with van der Waals surface area (Å²) in [4.78, 5) is 11.3. The third-order valence-electron chi connectivity index (χ3n) is 4.41. The highest BCUT2D eigenvalue weighted by molar-refractivity contribution is 5.85. The van der Waals surface area contributed by atoms with Crippen LogP contribution in [-0.2, 0) is 11.2 Å². The first-order chi connectivity index (χ1) is 11.8. The van der Waals surface area contributed by atoms with Crippen molar-refractivity contribution in [3.05, 3.63) is 77.9 Å². The van der Waals surface area contributed by atoms with E-state index in [9.17, 15) is 4.79 Å². The van der Waals surface area contributed by atoms with Gasteiger partial charge in [-0.05, 0) is 51.9 Å². The fraction of sp³-hybridized carbons (Fsp3) is 0.0952. The van der Waals surface area contributed by atoms with Crippen LogP contribution in [0.1, 0.15) is 11.1 Å². The summed E-state index contributed by atoms with van der Waals surface area (Å²) in [5, 5.41) is 0. The highest BCUT2D eigenvalue weighted by Gasteiger charge is 2.20. The lowest BCUT2D eigenvalue weighted by molar-refractivity contribution is -0.132. The molecule has 1 aliphatic carbocycles. The summed E-state index contributed by atoms with van der Waals surface area (Å²) in [6.07, 6.45) is 0.950. The van der Waals surface area contributed by atoms with Crippen LogP contribution in [0.4, 0.5) is 0 Å². The fourth-order valence-corrected chi connectivity index (χ4v) is 3.30. The molecule has 0 fully saturated rings. The zero-order valence-corrected chi connectivity index (χ0v) is 13.2. The van der Waals surface area contributed by atoms with Gasteiger partial charge in [-0.3, -0.25) is 4.79 Å². The molecule has 3 heteroatoms. The standard InChI is InChI=1S/C21H17NO2/c22-13-21(23)24-16-10-8-14(9-11-16)17-6-3-7-19-18-5-2-1-4-15(18)12-20(17)19/h1-11H,12-13,22H2. The highest BCUT2D eigenvalue weighted by atomic mass is 16.5. The van der Waals surface area contributed by atoms with Gasteiger partial charge in [-0.25, -0.2) is 0 Å². The van der Waals surface area contributed by atoms with E-state index in [1.165, 1.54) is 27.8 Å². The molecular formula is C21H17NO2. The van der Waals surface area contributed by atoms with E-state index in [-0.39, 0.29) is 6.54 Å². The van der Waals surface area contributed by atoms with E-state index < -0.39 is 5.97 Å². The number of ether oxygens (including phenoxy) is 1. The molecule has 3 aromatic rings. The Kier molecular flexibility index (Phi) is 3.63. The van der Waals surface area contributed by atoms with E-state index in [0.29, 0.717) is 5.75 Å². The molecule has 1 aliphatic rings. The number of hydrogen-bond donors (Lipinski definition) is 1. The summed E-state index contributed by atoms with van der Waals surface area (Å²) >= 11 is 0. The number of hydrogen-bond acceptors (Lipinski definition) is 3. The topological polar surface area (TPSA) is 52.3 Å². The fourth-order valence-electron chi connectivity index (χ4n) is 3.30. The van der Waals surface area contributed by atoms with Crippen molar-refractivity contribution in [2.24, 2.45) is 5.73 Å². The van der Waals surface area contributed by atoms with Crippen molar-refractivity contribution >= 4 is 5.97 Å². The second-order valence-electron chi connectivity index (χ2n) is 5.87. The van der Waals surface area contributed by atoms with Gasteiger partial charge in [0.2, 0.25) is 0 Å². The van der Waals surface area contributed by atoms with Gasteiger partial charge in [0.15, 0.2) is 0 Å². The first-order valence-corrected chi connectivity index (χ1v) is 7.97. The van der Waals surface area contributed by atoms with Crippen molar-refractivity contribution < 1.29 is 9.53 Å². The number of benzene rings is 3. The second-order valence-corrected chi connectivity index (χ2v) is 5.87. The molecule has 3 nitrogen and oxygen atoms in total. The van der Waals surface area contributed by atoms with Crippen LogP contribution in [0.2, 0.25) is 0 Å². The third kappa shape index (κ3) is 2.49. The number of rotatable bonds is 3. The molecule has 24 heavy (non-hydrogen) atoms. The van der Waals surface area contributed by atoms with Crippen molar-refractivity contribution in [3.63, 3.8) is 0 Å². The Labute approximate surface area is 140 Å². The molecule has 4 rings (SSSR count). The molecule has 2 N–H and O–H groups in total.